The Labute approximate surface area is 200 Å². The molecule has 2 fully saturated rings. The SMILES string of the molecule is CC(C)C(N)C(=O)NCc1cc2ccccc2n1C1CCN([C@H]2CC[C@@H](C(C)C)CC2)CC1. The number of hydrogen-bond acceptors (Lipinski definition) is 3. The first-order chi connectivity index (χ1) is 15.8. The van der Waals surface area contributed by atoms with Crippen molar-refractivity contribution < 1.29 is 4.79 Å². The normalized spacial score (nSPS) is 24.0. The molecule has 1 atom stereocenters. The molecule has 182 valence electrons. The Bertz CT molecular complexity index is 917. The highest BCUT2D eigenvalue weighted by atomic mass is 16.2. The van der Waals surface area contributed by atoms with E-state index >= 15 is 0 Å². The van der Waals surface area contributed by atoms with Crippen molar-refractivity contribution >= 4 is 16.8 Å². The summed E-state index contributed by atoms with van der Waals surface area (Å²) in [7, 11) is 0. The highest BCUT2D eigenvalue weighted by Crippen LogP contribution is 2.36. The summed E-state index contributed by atoms with van der Waals surface area (Å²) in [4.78, 5) is 15.3. The van der Waals surface area contributed by atoms with Crippen molar-refractivity contribution in [3.8, 4) is 0 Å². The predicted molar refractivity (Wildman–Crippen MR) is 137 cm³/mol. The number of piperidine rings is 1. The summed E-state index contributed by atoms with van der Waals surface area (Å²) in [6, 6.07) is 11.7. The molecule has 5 heteroatoms. The number of benzene rings is 1. The van der Waals surface area contributed by atoms with E-state index in [1.54, 1.807) is 0 Å². The number of carbonyl (C=O) groups excluding carboxylic acids is 1. The van der Waals surface area contributed by atoms with Gasteiger partial charge in [0.05, 0.1) is 12.6 Å². The second kappa shape index (κ2) is 10.6. The van der Waals surface area contributed by atoms with Gasteiger partial charge in [-0.15, -0.1) is 0 Å². The summed E-state index contributed by atoms with van der Waals surface area (Å²) in [6.07, 6.45) is 7.88. The lowest BCUT2D eigenvalue weighted by atomic mass is 9.79. The number of aromatic nitrogens is 1. The molecule has 1 unspecified atom stereocenters. The fraction of sp³-hybridized carbons (Fsp3) is 0.679. The van der Waals surface area contributed by atoms with E-state index in [1.807, 2.05) is 13.8 Å². The van der Waals surface area contributed by atoms with Crippen molar-refractivity contribution in [2.45, 2.75) is 90.9 Å². The van der Waals surface area contributed by atoms with Gasteiger partial charge in [0.25, 0.3) is 0 Å². The Morgan fingerprint density at radius 3 is 2.30 bits per heavy atom. The maximum absolute atomic E-state index is 12.5. The first-order valence-corrected chi connectivity index (χ1v) is 13.2. The van der Waals surface area contributed by atoms with Crippen molar-refractivity contribution in [3.05, 3.63) is 36.0 Å². The molecule has 2 heterocycles. The Morgan fingerprint density at radius 2 is 1.67 bits per heavy atom. The number of nitrogens with zero attached hydrogens (tertiary/aromatic N) is 2. The second-order valence-corrected chi connectivity index (χ2v) is 11.1. The maximum Gasteiger partial charge on any atom is 0.237 e. The number of rotatable bonds is 7. The number of para-hydroxylation sites is 1. The number of likely N-dealkylation sites (tertiary alicyclic amines) is 1. The summed E-state index contributed by atoms with van der Waals surface area (Å²) >= 11 is 0. The molecule has 1 amide bonds. The fourth-order valence-electron chi connectivity index (χ4n) is 6.04. The van der Waals surface area contributed by atoms with E-state index in [1.165, 1.54) is 68.2 Å². The van der Waals surface area contributed by atoms with Crippen molar-refractivity contribution in [3.63, 3.8) is 0 Å². The Morgan fingerprint density at radius 1 is 1.00 bits per heavy atom. The van der Waals surface area contributed by atoms with Gasteiger partial charge in [0.1, 0.15) is 0 Å². The molecular formula is C28H44N4O. The van der Waals surface area contributed by atoms with E-state index in [-0.39, 0.29) is 11.8 Å². The largest absolute Gasteiger partial charge is 0.349 e. The van der Waals surface area contributed by atoms with E-state index in [4.69, 9.17) is 5.73 Å². The van der Waals surface area contributed by atoms with E-state index in [9.17, 15) is 4.79 Å². The zero-order chi connectivity index (χ0) is 23.5. The fourth-order valence-corrected chi connectivity index (χ4v) is 6.04. The van der Waals surface area contributed by atoms with Crippen LogP contribution in [0.25, 0.3) is 10.9 Å². The molecule has 2 aliphatic rings. The zero-order valence-corrected chi connectivity index (χ0v) is 21.1. The van der Waals surface area contributed by atoms with Gasteiger partial charge < -0.3 is 20.5 Å². The van der Waals surface area contributed by atoms with E-state index in [0.29, 0.717) is 12.6 Å². The lowest BCUT2D eigenvalue weighted by molar-refractivity contribution is -0.123. The molecule has 5 nitrogen and oxygen atoms in total. The lowest BCUT2D eigenvalue weighted by Crippen LogP contribution is -2.44. The molecule has 1 aliphatic heterocycles. The van der Waals surface area contributed by atoms with Gasteiger partial charge in [-0.1, -0.05) is 45.9 Å². The molecule has 0 bridgehead atoms. The third-order valence-electron chi connectivity index (χ3n) is 8.36. The topological polar surface area (TPSA) is 63.3 Å². The molecule has 0 radical (unpaired) electrons. The van der Waals surface area contributed by atoms with E-state index in [2.05, 4.69) is 59.0 Å². The summed E-state index contributed by atoms with van der Waals surface area (Å²) in [5, 5.41) is 4.35. The van der Waals surface area contributed by atoms with Gasteiger partial charge >= 0.3 is 0 Å². The molecule has 1 aliphatic carbocycles. The van der Waals surface area contributed by atoms with Crippen molar-refractivity contribution in [2.24, 2.45) is 23.5 Å². The first kappa shape index (κ1) is 24.3. The number of carbonyl (C=O) groups is 1. The third kappa shape index (κ3) is 5.46. The summed E-state index contributed by atoms with van der Waals surface area (Å²) < 4.78 is 2.50. The predicted octanol–water partition coefficient (Wildman–Crippen LogP) is 5.09. The van der Waals surface area contributed by atoms with Gasteiger partial charge in [-0.05, 0) is 73.8 Å². The minimum Gasteiger partial charge on any atom is -0.349 e. The summed E-state index contributed by atoms with van der Waals surface area (Å²) in [5.41, 5.74) is 8.54. The molecule has 0 spiro atoms. The van der Waals surface area contributed by atoms with Gasteiger partial charge in [-0.25, -0.2) is 0 Å². The maximum atomic E-state index is 12.5. The molecule has 1 aromatic heterocycles. The van der Waals surface area contributed by atoms with Gasteiger partial charge in [0.15, 0.2) is 0 Å². The number of fused-ring (bicyclic) bond motifs is 1. The number of amides is 1. The van der Waals surface area contributed by atoms with Gasteiger partial charge in [-0.2, -0.15) is 0 Å². The highest BCUT2D eigenvalue weighted by molar-refractivity contribution is 5.83. The van der Waals surface area contributed by atoms with Crippen LogP contribution in [0.15, 0.2) is 30.3 Å². The minimum absolute atomic E-state index is 0.0615. The van der Waals surface area contributed by atoms with E-state index in [0.717, 1.165) is 17.9 Å². The molecule has 1 saturated carbocycles. The van der Waals surface area contributed by atoms with Crippen LogP contribution >= 0.6 is 0 Å². The van der Waals surface area contributed by atoms with Gasteiger partial charge in [0, 0.05) is 36.4 Å². The molecular weight excluding hydrogens is 408 g/mol. The second-order valence-electron chi connectivity index (χ2n) is 11.1. The lowest BCUT2D eigenvalue weighted by Gasteiger charge is -2.42. The smallest absolute Gasteiger partial charge is 0.237 e. The zero-order valence-electron chi connectivity index (χ0n) is 21.1. The summed E-state index contributed by atoms with van der Waals surface area (Å²) in [6.45, 7) is 11.6. The standard InChI is InChI=1S/C28H44N4O/c1-19(2)21-9-11-23(12-10-21)31-15-13-24(14-16-31)32-25(17-22-7-5-6-8-26(22)32)18-30-28(33)27(29)20(3)4/h5-8,17,19-21,23-24,27H,9-16,18,29H2,1-4H3,(H,30,33)/t21-,23+,27?. The summed E-state index contributed by atoms with van der Waals surface area (Å²) in [5.74, 6) is 1.82. The van der Waals surface area contributed by atoms with Gasteiger partial charge in [-0.3, -0.25) is 4.79 Å². The third-order valence-corrected chi connectivity index (χ3v) is 8.36. The molecule has 4 rings (SSSR count). The van der Waals surface area contributed by atoms with Crippen molar-refractivity contribution in [1.82, 2.24) is 14.8 Å². The van der Waals surface area contributed by atoms with Crippen LogP contribution in [0.3, 0.4) is 0 Å². The van der Waals surface area contributed by atoms with Crippen LogP contribution in [0.5, 0.6) is 0 Å². The molecule has 33 heavy (non-hydrogen) atoms. The van der Waals surface area contributed by atoms with Crippen LogP contribution in [0.4, 0.5) is 0 Å². The van der Waals surface area contributed by atoms with Crippen LogP contribution < -0.4 is 11.1 Å². The highest BCUT2D eigenvalue weighted by Gasteiger charge is 2.31. The molecule has 1 saturated heterocycles. The van der Waals surface area contributed by atoms with Crippen LogP contribution in [-0.4, -0.2) is 40.5 Å². The van der Waals surface area contributed by atoms with Crippen molar-refractivity contribution in [1.29, 1.82) is 0 Å². The Balaban J connectivity index is 1.43. The number of nitrogens with one attached hydrogen (secondary N) is 1. The van der Waals surface area contributed by atoms with Gasteiger partial charge in [0.2, 0.25) is 5.91 Å². The van der Waals surface area contributed by atoms with Crippen LogP contribution in [-0.2, 0) is 11.3 Å². The Kier molecular flexibility index (Phi) is 7.80. The number of nitrogens with two attached hydrogens (primary N) is 1. The average Bonchev–Trinajstić information content (AvgIpc) is 3.20. The number of hydrogen-bond donors (Lipinski definition) is 2. The first-order valence-electron chi connectivity index (χ1n) is 13.2. The van der Waals surface area contributed by atoms with Crippen LogP contribution in [0.2, 0.25) is 0 Å². The molecule has 3 N–H and O–H groups in total. The van der Waals surface area contributed by atoms with E-state index < -0.39 is 6.04 Å². The minimum atomic E-state index is -0.461. The van der Waals surface area contributed by atoms with Crippen molar-refractivity contribution in [2.75, 3.05) is 13.1 Å². The Hall–Kier alpha value is -1.85. The molecule has 2 aromatic rings. The van der Waals surface area contributed by atoms with Crippen LogP contribution in [0, 0.1) is 17.8 Å². The monoisotopic (exact) mass is 452 g/mol. The molecule has 1 aromatic carbocycles. The average molecular weight is 453 g/mol. The quantitative estimate of drug-likeness (QED) is 0.615. The van der Waals surface area contributed by atoms with Crippen LogP contribution in [0.1, 0.15) is 78.0 Å².